The topological polar surface area (TPSA) is 112 Å². The highest BCUT2D eigenvalue weighted by Gasteiger charge is 2.36. The molecule has 0 radical (unpaired) electrons. The molecule has 14 heteroatoms. The SMILES string of the molecule is CN(CCO)c1ncc(-c2nc(NC3CCN(S(C)(=O)=O)CC3)ncc2C(F)(F)F)s1. The van der Waals surface area contributed by atoms with Gasteiger partial charge in [0.05, 0.1) is 23.4 Å². The van der Waals surface area contributed by atoms with Crippen LogP contribution in [0.4, 0.5) is 24.3 Å². The van der Waals surface area contributed by atoms with Gasteiger partial charge in [0.2, 0.25) is 16.0 Å². The zero-order chi connectivity index (χ0) is 22.8. The van der Waals surface area contributed by atoms with Gasteiger partial charge in [-0.25, -0.2) is 27.7 Å². The van der Waals surface area contributed by atoms with Crippen molar-refractivity contribution in [3.8, 4) is 10.6 Å². The first-order chi connectivity index (χ1) is 14.5. The Morgan fingerprint density at radius 2 is 1.97 bits per heavy atom. The number of aliphatic hydroxyl groups excluding tert-OH is 1. The van der Waals surface area contributed by atoms with E-state index in [1.807, 2.05) is 0 Å². The average molecular weight is 481 g/mol. The van der Waals surface area contributed by atoms with Crippen molar-refractivity contribution in [1.82, 2.24) is 19.3 Å². The summed E-state index contributed by atoms with van der Waals surface area (Å²) in [6.07, 6.45) is -0.455. The lowest BCUT2D eigenvalue weighted by Gasteiger charge is -2.30. The van der Waals surface area contributed by atoms with Gasteiger partial charge in [-0.2, -0.15) is 13.2 Å². The number of hydrogen-bond donors (Lipinski definition) is 2. The number of likely N-dealkylation sites (N-methyl/N-ethyl adjacent to an activating group) is 1. The second kappa shape index (κ2) is 9.22. The number of sulfonamides is 1. The maximum atomic E-state index is 13.5. The van der Waals surface area contributed by atoms with E-state index in [0.717, 1.165) is 23.8 Å². The van der Waals surface area contributed by atoms with Gasteiger partial charge in [0.15, 0.2) is 5.13 Å². The van der Waals surface area contributed by atoms with Crippen LogP contribution in [0.15, 0.2) is 12.4 Å². The fourth-order valence-electron chi connectivity index (χ4n) is 3.16. The van der Waals surface area contributed by atoms with Crippen LogP contribution in [-0.2, 0) is 16.2 Å². The normalized spacial score (nSPS) is 16.5. The van der Waals surface area contributed by atoms with Crippen LogP contribution in [0.3, 0.4) is 0 Å². The van der Waals surface area contributed by atoms with E-state index >= 15 is 0 Å². The maximum absolute atomic E-state index is 13.5. The molecule has 1 aliphatic heterocycles. The second-order valence-corrected chi connectivity index (χ2v) is 10.2. The third kappa shape index (κ3) is 5.81. The van der Waals surface area contributed by atoms with Crippen LogP contribution in [0.25, 0.3) is 10.6 Å². The molecule has 1 fully saturated rings. The molecular weight excluding hydrogens is 457 g/mol. The van der Waals surface area contributed by atoms with Gasteiger partial charge in [-0.15, -0.1) is 0 Å². The highest BCUT2D eigenvalue weighted by atomic mass is 32.2. The van der Waals surface area contributed by atoms with Crippen LogP contribution in [0, 0.1) is 0 Å². The molecule has 3 heterocycles. The number of piperidine rings is 1. The van der Waals surface area contributed by atoms with Gasteiger partial charge >= 0.3 is 6.18 Å². The Kier molecular flexibility index (Phi) is 7.03. The highest BCUT2D eigenvalue weighted by Crippen LogP contribution is 2.39. The summed E-state index contributed by atoms with van der Waals surface area (Å²) in [5, 5.41) is 12.5. The van der Waals surface area contributed by atoms with E-state index in [1.165, 1.54) is 10.5 Å². The third-order valence-corrected chi connectivity index (χ3v) is 7.26. The first-order valence-electron chi connectivity index (χ1n) is 9.43. The third-order valence-electron chi connectivity index (χ3n) is 4.84. The van der Waals surface area contributed by atoms with Gasteiger partial charge in [0.1, 0.15) is 5.56 Å². The molecule has 0 spiro atoms. The number of hydrogen-bond acceptors (Lipinski definition) is 9. The molecule has 0 unspecified atom stereocenters. The van der Waals surface area contributed by atoms with E-state index < -0.39 is 21.8 Å². The number of aromatic nitrogens is 3. The average Bonchev–Trinajstić information content (AvgIpc) is 3.17. The Morgan fingerprint density at radius 1 is 1.29 bits per heavy atom. The molecule has 31 heavy (non-hydrogen) atoms. The Bertz CT molecular complexity index is 1010. The summed E-state index contributed by atoms with van der Waals surface area (Å²) in [6.45, 7) is 0.819. The monoisotopic (exact) mass is 480 g/mol. The first-order valence-corrected chi connectivity index (χ1v) is 12.1. The van der Waals surface area contributed by atoms with Gasteiger partial charge in [0.25, 0.3) is 0 Å². The summed E-state index contributed by atoms with van der Waals surface area (Å²) >= 11 is 1.03. The quantitative estimate of drug-likeness (QED) is 0.618. The lowest BCUT2D eigenvalue weighted by Crippen LogP contribution is -2.42. The predicted molar refractivity (Wildman–Crippen MR) is 112 cm³/mol. The number of halogens is 3. The number of rotatable bonds is 7. The van der Waals surface area contributed by atoms with E-state index in [9.17, 15) is 21.6 Å². The number of nitrogens with zero attached hydrogens (tertiary/aromatic N) is 5. The zero-order valence-electron chi connectivity index (χ0n) is 16.9. The van der Waals surface area contributed by atoms with Crippen LogP contribution in [-0.4, -0.2) is 78.4 Å². The summed E-state index contributed by atoms with van der Waals surface area (Å²) < 4.78 is 65.3. The highest BCUT2D eigenvalue weighted by molar-refractivity contribution is 7.88. The summed E-state index contributed by atoms with van der Waals surface area (Å²) in [5.41, 5.74) is -1.25. The van der Waals surface area contributed by atoms with Crippen molar-refractivity contribution >= 4 is 32.4 Å². The molecule has 0 amide bonds. The minimum absolute atomic E-state index is 0.0412. The molecule has 0 atom stereocenters. The predicted octanol–water partition coefficient (Wildman–Crippen LogP) is 1.88. The maximum Gasteiger partial charge on any atom is 0.420 e. The molecule has 9 nitrogen and oxygen atoms in total. The van der Waals surface area contributed by atoms with Crippen molar-refractivity contribution in [3.05, 3.63) is 18.0 Å². The Hall–Kier alpha value is -2.03. The fraction of sp³-hybridized carbons (Fsp3) is 0.588. The Morgan fingerprint density at radius 3 is 2.55 bits per heavy atom. The van der Waals surface area contributed by atoms with E-state index in [-0.39, 0.29) is 29.2 Å². The largest absolute Gasteiger partial charge is 0.420 e. The minimum Gasteiger partial charge on any atom is -0.395 e. The molecule has 2 aromatic heterocycles. The van der Waals surface area contributed by atoms with Crippen molar-refractivity contribution in [3.63, 3.8) is 0 Å². The van der Waals surface area contributed by atoms with Crippen molar-refractivity contribution in [2.24, 2.45) is 0 Å². The second-order valence-electron chi connectivity index (χ2n) is 7.19. The molecule has 0 aliphatic carbocycles. The number of anilines is 2. The smallest absolute Gasteiger partial charge is 0.395 e. The van der Waals surface area contributed by atoms with E-state index in [0.29, 0.717) is 37.6 Å². The molecule has 3 rings (SSSR count). The van der Waals surface area contributed by atoms with Crippen LogP contribution in [0.1, 0.15) is 18.4 Å². The van der Waals surface area contributed by atoms with Gasteiger partial charge in [-0.3, -0.25) is 0 Å². The zero-order valence-corrected chi connectivity index (χ0v) is 18.6. The number of thiazole rings is 1. The molecule has 1 aliphatic rings. The van der Waals surface area contributed by atoms with Crippen LogP contribution in [0.2, 0.25) is 0 Å². The molecule has 0 saturated carbocycles. The van der Waals surface area contributed by atoms with Crippen molar-refractivity contribution in [2.75, 3.05) is 49.8 Å². The number of nitrogens with one attached hydrogen (secondary N) is 1. The lowest BCUT2D eigenvalue weighted by atomic mass is 10.1. The minimum atomic E-state index is -4.64. The molecule has 172 valence electrons. The van der Waals surface area contributed by atoms with E-state index in [1.54, 1.807) is 11.9 Å². The van der Waals surface area contributed by atoms with E-state index in [4.69, 9.17) is 5.11 Å². The summed E-state index contributed by atoms with van der Waals surface area (Å²) in [6, 6.07) is -0.157. The van der Waals surface area contributed by atoms with Crippen LogP contribution in [0.5, 0.6) is 0 Å². The summed E-state index contributed by atoms with van der Waals surface area (Å²) in [4.78, 5) is 13.9. The molecule has 0 aromatic carbocycles. The number of aliphatic hydroxyl groups is 1. The first kappa shape index (κ1) is 23.6. The molecule has 2 aromatic rings. The molecule has 0 bridgehead atoms. The van der Waals surface area contributed by atoms with Gasteiger partial charge < -0.3 is 15.3 Å². The van der Waals surface area contributed by atoms with Gasteiger partial charge in [-0.05, 0) is 12.8 Å². The van der Waals surface area contributed by atoms with E-state index in [2.05, 4.69) is 20.3 Å². The van der Waals surface area contributed by atoms with Crippen molar-refractivity contribution in [1.29, 1.82) is 0 Å². The Balaban J connectivity index is 1.83. The van der Waals surface area contributed by atoms with Crippen molar-refractivity contribution in [2.45, 2.75) is 25.1 Å². The van der Waals surface area contributed by atoms with Crippen LogP contribution >= 0.6 is 11.3 Å². The molecular formula is C17H23F3N6O3S2. The molecule has 1 saturated heterocycles. The fourth-order valence-corrected chi connectivity index (χ4v) is 4.94. The summed E-state index contributed by atoms with van der Waals surface area (Å²) in [7, 11) is -1.59. The van der Waals surface area contributed by atoms with Gasteiger partial charge in [0, 0.05) is 45.1 Å². The number of alkyl halides is 3. The van der Waals surface area contributed by atoms with Crippen molar-refractivity contribution < 1.29 is 26.7 Å². The standard InChI is InChI=1S/C17H23F3N6O3S2/c1-25(7-8-27)16-22-10-13(30-16)14-12(17(18,19)20)9-21-15(24-14)23-11-3-5-26(6-4-11)31(2,28)29/h9-11,27H,3-8H2,1-2H3,(H,21,23,24). The Labute approximate surface area is 182 Å². The molecule has 2 N–H and O–H groups in total. The van der Waals surface area contributed by atoms with Gasteiger partial charge in [-0.1, -0.05) is 11.3 Å². The lowest BCUT2D eigenvalue weighted by molar-refractivity contribution is -0.137. The summed E-state index contributed by atoms with van der Waals surface area (Å²) in [5.74, 6) is 0.0412. The van der Waals surface area contributed by atoms with Crippen LogP contribution < -0.4 is 10.2 Å².